The molecule has 0 aliphatic carbocycles. The van der Waals surface area contributed by atoms with Crippen molar-refractivity contribution in [2.24, 2.45) is 0 Å². The molecule has 6 heteroatoms. The highest BCUT2D eigenvalue weighted by atomic mass is 16.5. The number of aryl methyl sites for hydroxylation is 1. The summed E-state index contributed by atoms with van der Waals surface area (Å²) in [5, 5.41) is 16.4. The van der Waals surface area contributed by atoms with Gasteiger partial charge in [-0.05, 0) is 49.7 Å². The Bertz CT molecular complexity index is 935. The lowest BCUT2D eigenvalue weighted by atomic mass is 9.89. The lowest BCUT2D eigenvalue weighted by molar-refractivity contribution is 0.130. The number of aromatic nitrogens is 1. The van der Waals surface area contributed by atoms with Crippen LogP contribution in [-0.2, 0) is 11.3 Å². The van der Waals surface area contributed by atoms with Gasteiger partial charge in [0.25, 0.3) is 0 Å². The first-order valence-corrected chi connectivity index (χ1v) is 9.61. The molecule has 0 unspecified atom stereocenters. The molecule has 27 heavy (non-hydrogen) atoms. The number of hydrogen-bond donors (Lipinski definition) is 2. The van der Waals surface area contributed by atoms with Crippen LogP contribution in [0.15, 0.2) is 24.3 Å². The average Bonchev–Trinajstić information content (AvgIpc) is 2.84. The van der Waals surface area contributed by atoms with Crippen molar-refractivity contribution in [3.8, 4) is 6.07 Å². The molecule has 0 spiro atoms. The van der Waals surface area contributed by atoms with Crippen molar-refractivity contribution in [3.63, 3.8) is 0 Å². The van der Waals surface area contributed by atoms with Gasteiger partial charge in [-0.1, -0.05) is 0 Å². The van der Waals surface area contributed by atoms with Crippen LogP contribution in [0.5, 0.6) is 0 Å². The summed E-state index contributed by atoms with van der Waals surface area (Å²) >= 11 is 0. The van der Waals surface area contributed by atoms with Gasteiger partial charge in [0.05, 0.1) is 18.9 Å². The third kappa shape index (κ3) is 2.75. The predicted molar refractivity (Wildman–Crippen MR) is 104 cm³/mol. The van der Waals surface area contributed by atoms with Gasteiger partial charge in [0.15, 0.2) is 5.69 Å². The summed E-state index contributed by atoms with van der Waals surface area (Å²) in [6.45, 7) is 6.37. The van der Waals surface area contributed by atoms with E-state index in [1.54, 1.807) is 0 Å². The number of nitrogens with one attached hydrogen (secondary N) is 2. The fraction of sp³-hybridized carbons (Fsp3) is 0.429. The number of pyridine rings is 1. The summed E-state index contributed by atoms with van der Waals surface area (Å²) in [6.07, 6.45) is 1.17. The maximum absolute atomic E-state index is 9.42. The molecule has 0 bridgehead atoms. The molecule has 2 N–H and O–H groups in total. The zero-order valence-electron chi connectivity index (χ0n) is 15.5. The van der Waals surface area contributed by atoms with Gasteiger partial charge in [-0.15, -0.1) is 0 Å². The van der Waals surface area contributed by atoms with Crippen LogP contribution in [0.2, 0.25) is 0 Å². The van der Waals surface area contributed by atoms with Crippen molar-refractivity contribution in [2.45, 2.75) is 31.9 Å². The zero-order chi connectivity index (χ0) is 18.4. The third-order valence-corrected chi connectivity index (χ3v) is 5.90. The quantitative estimate of drug-likeness (QED) is 0.857. The maximum Gasteiger partial charge on any atom is 0.164 e. The number of rotatable bonds is 2. The summed E-state index contributed by atoms with van der Waals surface area (Å²) in [6, 6.07) is 11.0. The SMILES string of the molecule is Cc1ccc(Nc2cc3c4c(c2)[C@@H]2CNCC[C@@H]2N4CCOC3)c(C#N)n1. The topological polar surface area (TPSA) is 73.2 Å². The highest BCUT2D eigenvalue weighted by Gasteiger charge is 2.41. The lowest BCUT2D eigenvalue weighted by Gasteiger charge is -2.33. The van der Waals surface area contributed by atoms with Gasteiger partial charge in [0, 0.05) is 47.7 Å². The van der Waals surface area contributed by atoms with Gasteiger partial charge in [0.2, 0.25) is 0 Å². The van der Waals surface area contributed by atoms with Crippen molar-refractivity contribution in [3.05, 3.63) is 46.8 Å². The maximum atomic E-state index is 9.42. The molecule has 0 amide bonds. The largest absolute Gasteiger partial charge is 0.375 e. The van der Waals surface area contributed by atoms with E-state index in [-0.39, 0.29) is 0 Å². The fourth-order valence-corrected chi connectivity index (χ4v) is 4.76. The first-order valence-electron chi connectivity index (χ1n) is 9.61. The van der Waals surface area contributed by atoms with Gasteiger partial charge < -0.3 is 20.3 Å². The number of anilines is 3. The molecule has 2 atom stereocenters. The number of piperidine rings is 1. The molecule has 2 aromatic rings. The molecule has 1 saturated heterocycles. The Balaban J connectivity index is 1.57. The molecule has 6 nitrogen and oxygen atoms in total. The van der Waals surface area contributed by atoms with Crippen molar-refractivity contribution in [1.82, 2.24) is 10.3 Å². The van der Waals surface area contributed by atoms with E-state index in [0.717, 1.165) is 43.3 Å². The monoisotopic (exact) mass is 361 g/mol. The van der Waals surface area contributed by atoms with Gasteiger partial charge in [-0.2, -0.15) is 5.26 Å². The summed E-state index contributed by atoms with van der Waals surface area (Å²) in [7, 11) is 0. The minimum atomic E-state index is 0.427. The van der Waals surface area contributed by atoms with E-state index < -0.39 is 0 Å². The van der Waals surface area contributed by atoms with Gasteiger partial charge >= 0.3 is 0 Å². The standard InChI is InChI=1S/C21H23N5O/c1-13-2-3-18(19(10-22)24-13)25-15-8-14-12-27-7-6-26-20-4-5-23-11-17(20)16(9-15)21(14)26/h2-3,8-9,17,20,23,25H,4-7,11-12H2,1H3/t17-,20-/m0/s1. The second-order valence-electron chi connectivity index (χ2n) is 7.57. The van der Waals surface area contributed by atoms with E-state index in [1.807, 2.05) is 19.1 Å². The molecular weight excluding hydrogens is 338 g/mol. The molecule has 1 fully saturated rings. The van der Waals surface area contributed by atoms with E-state index >= 15 is 0 Å². The van der Waals surface area contributed by atoms with Crippen molar-refractivity contribution >= 4 is 17.1 Å². The van der Waals surface area contributed by atoms with Crippen molar-refractivity contribution in [2.75, 3.05) is 36.5 Å². The van der Waals surface area contributed by atoms with Crippen LogP contribution in [0.4, 0.5) is 17.1 Å². The second-order valence-corrected chi connectivity index (χ2v) is 7.57. The van der Waals surface area contributed by atoms with E-state index in [2.05, 4.69) is 38.7 Å². The number of ether oxygens (including phenoxy) is 1. The average molecular weight is 361 g/mol. The van der Waals surface area contributed by atoms with Crippen molar-refractivity contribution < 1.29 is 4.74 Å². The molecule has 3 aliphatic heterocycles. The number of nitrogens with zero attached hydrogens (tertiary/aromatic N) is 3. The van der Waals surface area contributed by atoms with Crippen LogP contribution in [0.25, 0.3) is 0 Å². The Kier molecular flexibility index (Phi) is 4.00. The Hall–Kier alpha value is -2.62. The van der Waals surface area contributed by atoms with Crippen LogP contribution in [0.1, 0.15) is 34.9 Å². The Morgan fingerprint density at radius 3 is 3.19 bits per heavy atom. The predicted octanol–water partition coefficient (Wildman–Crippen LogP) is 2.80. The number of fused-ring (bicyclic) bond motifs is 3. The Labute approximate surface area is 159 Å². The minimum Gasteiger partial charge on any atom is -0.375 e. The first-order chi connectivity index (χ1) is 13.2. The molecule has 1 aromatic carbocycles. The Morgan fingerprint density at radius 2 is 2.30 bits per heavy atom. The van der Waals surface area contributed by atoms with Crippen LogP contribution in [-0.4, -0.2) is 37.3 Å². The molecule has 4 heterocycles. The Morgan fingerprint density at radius 1 is 1.37 bits per heavy atom. The van der Waals surface area contributed by atoms with Gasteiger partial charge in [-0.3, -0.25) is 0 Å². The smallest absolute Gasteiger partial charge is 0.164 e. The van der Waals surface area contributed by atoms with E-state index in [0.29, 0.717) is 24.3 Å². The lowest BCUT2D eigenvalue weighted by Crippen LogP contribution is -2.44. The number of nitriles is 1. The summed E-state index contributed by atoms with van der Waals surface area (Å²) in [5.41, 5.74) is 7.03. The molecule has 1 aromatic heterocycles. The molecule has 3 aliphatic rings. The molecule has 138 valence electrons. The van der Waals surface area contributed by atoms with E-state index in [9.17, 15) is 5.26 Å². The summed E-state index contributed by atoms with van der Waals surface area (Å²) in [5.74, 6) is 0.513. The number of benzene rings is 1. The summed E-state index contributed by atoms with van der Waals surface area (Å²) < 4.78 is 5.88. The zero-order valence-corrected chi connectivity index (χ0v) is 15.5. The van der Waals surface area contributed by atoms with Crippen LogP contribution in [0, 0.1) is 18.3 Å². The molecule has 0 radical (unpaired) electrons. The first kappa shape index (κ1) is 16.5. The highest BCUT2D eigenvalue weighted by Crippen LogP contribution is 2.47. The summed E-state index contributed by atoms with van der Waals surface area (Å²) in [4.78, 5) is 6.91. The molecular formula is C21H23N5O. The number of hydrogen-bond acceptors (Lipinski definition) is 6. The van der Waals surface area contributed by atoms with Crippen LogP contribution >= 0.6 is 0 Å². The highest BCUT2D eigenvalue weighted by molar-refractivity contribution is 5.75. The van der Waals surface area contributed by atoms with Gasteiger partial charge in [-0.25, -0.2) is 4.98 Å². The van der Waals surface area contributed by atoms with E-state index in [1.165, 1.54) is 23.2 Å². The fourth-order valence-electron chi connectivity index (χ4n) is 4.76. The minimum absolute atomic E-state index is 0.427. The van der Waals surface area contributed by atoms with Crippen LogP contribution < -0.4 is 15.5 Å². The van der Waals surface area contributed by atoms with Crippen molar-refractivity contribution in [1.29, 1.82) is 5.26 Å². The van der Waals surface area contributed by atoms with Crippen LogP contribution in [0.3, 0.4) is 0 Å². The normalized spacial score (nSPS) is 23.2. The van der Waals surface area contributed by atoms with Gasteiger partial charge in [0.1, 0.15) is 6.07 Å². The molecule has 5 rings (SSSR count). The van der Waals surface area contributed by atoms with E-state index in [4.69, 9.17) is 4.74 Å². The third-order valence-electron chi connectivity index (χ3n) is 5.90. The molecule has 0 saturated carbocycles. The second kappa shape index (κ2) is 6.52.